The number of aryl methyl sites for hydroxylation is 1. The van der Waals surface area contributed by atoms with Gasteiger partial charge in [0.2, 0.25) is 0 Å². The van der Waals surface area contributed by atoms with Gasteiger partial charge < -0.3 is 4.74 Å². The lowest BCUT2D eigenvalue weighted by Crippen LogP contribution is -2.10. The zero-order valence-corrected chi connectivity index (χ0v) is 8.60. The number of hydrogen-bond donors (Lipinski definition) is 0. The van der Waals surface area contributed by atoms with E-state index in [1.54, 1.807) is 0 Å². The molecule has 1 aliphatic heterocycles. The topological polar surface area (TPSA) is 9.23 Å². The quantitative estimate of drug-likeness (QED) is 0.618. The van der Waals surface area contributed by atoms with Crippen molar-refractivity contribution in [3.8, 4) is 5.75 Å². The van der Waals surface area contributed by atoms with Gasteiger partial charge in [-0.25, -0.2) is 0 Å². The molecule has 1 aliphatic rings. The van der Waals surface area contributed by atoms with E-state index in [4.69, 9.17) is 4.74 Å². The Labute approximate surface area is 80.9 Å². The van der Waals surface area contributed by atoms with Crippen molar-refractivity contribution >= 4 is 15.9 Å². The lowest BCUT2D eigenvalue weighted by atomic mass is 10.0. The molecule has 0 bridgehead atoms. The number of alkyl halides is 1. The van der Waals surface area contributed by atoms with Gasteiger partial charge in [-0.3, -0.25) is 0 Å². The van der Waals surface area contributed by atoms with Crippen molar-refractivity contribution in [1.29, 1.82) is 0 Å². The summed E-state index contributed by atoms with van der Waals surface area (Å²) in [6, 6.07) is 6.37. The summed E-state index contributed by atoms with van der Waals surface area (Å²) >= 11 is 3.63. The summed E-state index contributed by atoms with van der Waals surface area (Å²) < 4.78 is 5.54. The van der Waals surface area contributed by atoms with Crippen LogP contribution in [0.25, 0.3) is 0 Å². The maximum Gasteiger partial charge on any atom is 0.123 e. The molecule has 1 unspecified atom stereocenters. The van der Waals surface area contributed by atoms with E-state index in [2.05, 4.69) is 41.1 Å². The zero-order valence-electron chi connectivity index (χ0n) is 7.01. The third-order valence-electron chi connectivity index (χ3n) is 2.14. The smallest absolute Gasteiger partial charge is 0.123 e. The minimum absolute atomic E-state index is 0.474. The summed E-state index contributed by atoms with van der Waals surface area (Å²) in [7, 11) is 0. The van der Waals surface area contributed by atoms with Gasteiger partial charge in [-0.15, -0.1) is 0 Å². The van der Waals surface area contributed by atoms with Gasteiger partial charge in [0, 0.05) is 10.4 Å². The van der Waals surface area contributed by atoms with Crippen LogP contribution >= 0.6 is 15.9 Å². The third-order valence-corrected chi connectivity index (χ3v) is 3.09. The molecule has 0 saturated carbocycles. The Balaban J connectivity index is 2.46. The molecule has 0 fully saturated rings. The Morgan fingerprint density at radius 3 is 3.17 bits per heavy atom. The van der Waals surface area contributed by atoms with Gasteiger partial charge in [-0.05, 0) is 25.0 Å². The number of halogens is 1. The zero-order chi connectivity index (χ0) is 8.55. The Morgan fingerprint density at radius 2 is 2.33 bits per heavy atom. The Morgan fingerprint density at radius 1 is 1.50 bits per heavy atom. The van der Waals surface area contributed by atoms with Crippen molar-refractivity contribution in [3.05, 3.63) is 29.3 Å². The van der Waals surface area contributed by atoms with Crippen LogP contribution in [-0.2, 0) is 0 Å². The predicted octanol–water partition coefficient (Wildman–Crippen LogP) is 3.21. The highest BCUT2D eigenvalue weighted by Crippen LogP contribution is 2.37. The number of benzene rings is 1. The molecule has 1 heterocycles. The van der Waals surface area contributed by atoms with Crippen LogP contribution in [0.15, 0.2) is 18.2 Å². The summed E-state index contributed by atoms with van der Waals surface area (Å²) in [6.45, 7) is 2.91. The minimum Gasteiger partial charge on any atom is -0.493 e. The predicted molar refractivity (Wildman–Crippen MR) is 53.0 cm³/mol. The Hall–Kier alpha value is -0.500. The van der Waals surface area contributed by atoms with Gasteiger partial charge in [0.1, 0.15) is 5.75 Å². The fourth-order valence-electron chi connectivity index (χ4n) is 1.45. The fourth-order valence-corrected chi connectivity index (χ4v) is 2.02. The van der Waals surface area contributed by atoms with E-state index in [1.807, 2.05) is 0 Å². The van der Waals surface area contributed by atoms with Crippen molar-refractivity contribution in [2.75, 3.05) is 6.61 Å². The van der Waals surface area contributed by atoms with Crippen molar-refractivity contribution < 1.29 is 4.74 Å². The highest BCUT2D eigenvalue weighted by Gasteiger charge is 2.18. The van der Waals surface area contributed by atoms with Crippen LogP contribution in [0.3, 0.4) is 0 Å². The van der Waals surface area contributed by atoms with Crippen LogP contribution in [0.2, 0.25) is 0 Å². The first-order valence-corrected chi connectivity index (χ1v) is 5.06. The summed E-state index contributed by atoms with van der Waals surface area (Å²) in [5.41, 5.74) is 2.54. The molecule has 0 aliphatic carbocycles. The van der Waals surface area contributed by atoms with Crippen LogP contribution < -0.4 is 4.74 Å². The number of ether oxygens (including phenoxy) is 1. The molecule has 0 aromatic heterocycles. The van der Waals surface area contributed by atoms with E-state index >= 15 is 0 Å². The monoisotopic (exact) mass is 226 g/mol. The molecule has 0 N–H and O–H groups in total. The molecular weight excluding hydrogens is 216 g/mol. The van der Waals surface area contributed by atoms with Crippen molar-refractivity contribution in [1.82, 2.24) is 0 Å². The average Bonchev–Trinajstić information content (AvgIpc) is 2.04. The van der Waals surface area contributed by atoms with Gasteiger partial charge in [0.25, 0.3) is 0 Å². The lowest BCUT2D eigenvalue weighted by molar-refractivity contribution is 0.287. The first-order valence-electron chi connectivity index (χ1n) is 4.15. The maximum absolute atomic E-state index is 5.54. The molecule has 2 heteroatoms. The number of fused-ring (bicyclic) bond motifs is 1. The molecule has 64 valence electrons. The van der Waals surface area contributed by atoms with Crippen molar-refractivity contribution in [2.45, 2.75) is 18.2 Å². The Bertz CT molecular complexity index is 296. The summed E-state index contributed by atoms with van der Waals surface area (Å²) in [5, 5.41) is 0. The molecule has 0 amide bonds. The Kier molecular flexibility index (Phi) is 2.09. The van der Waals surface area contributed by atoms with Gasteiger partial charge in [-0.2, -0.15) is 0 Å². The SMILES string of the molecule is Cc1ccc2c(c1)OCCC2Br. The van der Waals surface area contributed by atoms with Gasteiger partial charge >= 0.3 is 0 Å². The molecular formula is C10H11BrO. The summed E-state index contributed by atoms with van der Waals surface area (Å²) in [5.74, 6) is 1.04. The first-order chi connectivity index (χ1) is 5.77. The molecule has 0 saturated heterocycles. The molecule has 1 nitrogen and oxygen atoms in total. The van der Waals surface area contributed by atoms with Crippen molar-refractivity contribution in [2.24, 2.45) is 0 Å². The summed E-state index contributed by atoms with van der Waals surface area (Å²) in [6.07, 6.45) is 1.07. The van der Waals surface area contributed by atoms with Gasteiger partial charge in [0.15, 0.2) is 0 Å². The lowest BCUT2D eigenvalue weighted by Gasteiger charge is -2.21. The van der Waals surface area contributed by atoms with E-state index in [9.17, 15) is 0 Å². The molecule has 2 rings (SSSR count). The normalized spacial score (nSPS) is 21.3. The molecule has 0 spiro atoms. The van der Waals surface area contributed by atoms with E-state index < -0.39 is 0 Å². The second-order valence-electron chi connectivity index (χ2n) is 3.15. The van der Waals surface area contributed by atoms with E-state index in [1.165, 1.54) is 11.1 Å². The highest BCUT2D eigenvalue weighted by atomic mass is 79.9. The maximum atomic E-state index is 5.54. The molecule has 1 aromatic carbocycles. The fraction of sp³-hybridized carbons (Fsp3) is 0.400. The van der Waals surface area contributed by atoms with Crippen LogP contribution in [-0.4, -0.2) is 6.61 Å². The van der Waals surface area contributed by atoms with E-state index in [0.29, 0.717) is 4.83 Å². The first kappa shape index (κ1) is 8.11. The van der Waals surface area contributed by atoms with Crippen LogP contribution in [0.1, 0.15) is 22.4 Å². The summed E-state index contributed by atoms with van der Waals surface area (Å²) in [4.78, 5) is 0.474. The van der Waals surface area contributed by atoms with Crippen molar-refractivity contribution in [3.63, 3.8) is 0 Å². The van der Waals surface area contributed by atoms with Crippen LogP contribution in [0, 0.1) is 6.92 Å². The second kappa shape index (κ2) is 3.09. The van der Waals surface area contributed by atoms with Gasteiger partial charge in [0.05, 0.1) is 6.61 Å². The third kappa shape index (κ3) is 1.36. The second-order valence-corrected chi connectivity index (χ2v) is 4.25. The highest BCUT2D eigenvalue weighted by molar-refractivity contribution is 9.09. The largest absolute Gasteiger partial charge is 0.493 e. The van der Waals surface area contributed by atoms with E-state index in [-0.39, 0.29) is 0 Å². The number of rotatable bonds is 0. The van der Waals surface area contributed by atoms with Crippen LogP contribution in [0.5, 0.6) is 5.75 Å². The molecule has 1 atom stereocenters. The number of hydrogen-bond acceptors (Lipinski definition) is 1. The molecule has 1 aromatic rings. The minimum atomic E-state index is 0.474. The molecule has 0 radical (unpaired) electrons. The van der Waals surface area contributed by atoms with E-state index in [0.717, 1.165) is 18.8 Å². The molecule has 12 heavy (non-hydrogen) atoms. The average molecular weight is 227 g/mol. The standard InChI is InChI=1S/C10H11BrO/c1-7-2-3-8-9(11)4-5-12-10(8)6-7/h2-3,6,9H,4-5H2,1H3. The van der Waals surface area contributed by atoms with Crippen LogP contribution in [0.4, 0.5) is 0 Å². The van der Waals surface area contributed by atoms with Gasteiger partial charge in [-0.1, -0.05) is 28.1 Å².